The normalized spacial score (nSPS) is 17.6. The van der Waals surface area contributed by atoms with Crippen molar-refractivity contribution in [3.05, 3.63) is 28.9 Å². The third-order valence-electron chi connectivity index (χ3n) is 3.21. The summed E-state index contributed by atoms with van der Waals surface area (Å²) >= 11 is 0. The molecular formula is C11H13N3O. The summed E-state index contributed by atoms with van der Waals surface area (Å²) in [7, 11) is 0. The lowest BCUT2D eigenvalue weighted by Crippen LogP contribution is -2.20. The maximum Gasteiger partial charge on any atom is 0.326 e. The van der Waals surface area contributed by atoms with E-state index >= 15 is 0 Å². The van der Waals surface area contributed by atoms with Gasteiger partial charge in [0.05, 0.1) is 17.2 Å². The van der Waals surface area contributed by atoms with Crippen LogP contribution < -0.4 is 5.69 Å². The third-order valence-corrected chi connectivity index (χ3v) is 3.21. The van der Waals surface area contributed by atoms with E-state index in [-0.39, 0.29) is 5.69 Å². The minimum Gasteiger partial charge on any atom is -0.304 e. The largest absolute Gasteiger partial charge is 0.326 e. The maximum atomic E-state index is 11.8. The molecule has 0 unspecified atom stereocenters. The molecule has 1 aliphatic carbocycles. The van der Waals surface area contributed by atoms with Crippen molar-refractivity contribution in [1.82, 2.24) is 14.5 Å². The van der Waals surface area contributed by atoms with E-state index in [1.54, 1.807) is 12.4 Å². The predicted molar refractivity (Wildman–Crippen MR) is 57.9 cm³/mol. The average Bonchev–Trinajstić information content (AvgIpc) is 2.82. The number of H-pyrrole nitrogens is 1. The van der Waals surface area contributed by atoms with Gasteiger partial charge >= 0.3 is 5.69 Å². The van der Waals surface area contributed by atoms with Crippen LogP contribution in [0.15, 0.2) is 23.3 Å². The van der Waals surface area contributed by atoms with Crippen molar-refractivity contribution >= 4 is 11.0 Å². The van der Waals surface area contributed by atoms with Crippen LogP contribution in [0.4, 0.5) is 0 Å². The van der Waals surface area contributed by atoms with Crippen molar-refractivity contribution in [2.45, 2.75) is 31.7 Å². The highest BCUT2D eigenvalue weighted by Gasteiger charge is 2.20. The highest BCUT2D eigenvalue weighted by Crippen LogP contribution is 2.30. The van der Waals surface area contributed by atoms with Crippen LogP contribution in [0.25, 0.3) is 11.0 Å². The summed E-state index contributed by atoms with van der Waals surface area (Å²) in [6.07, 6.45) is 8.15. The Bertz CT molecular complexity index is 534. The van der Waals surface area contributed by atoms with Crippen LogP contribution in [0.2, 0.25) is 0 Å². The standard InChI is InChI=1S/C11H13N3O/c15-11-13-9-7-12-6-5-10(9)14(11)8-3-1-2-4-8/h5-8H,1-4H2,(H,13,15). The van der Waals surface area contributed by atoms with Crippen LogP contribution >= 0.6 is 0 Å². The number of imidazole rings is 1. The Kier molecular flexibility index (Phi) is 1.87. The Morgan fingerprint density at radius 3 is 3.00 bits per heavy atom. The monoisotopic (exact) mass is 203 g/mol. The van der Waals surface area contributed by atoms with Crippen molar-refractivity contribution in [3.63, 3.8) is 0 Å². The molecule has 0 radical (unpaired) electrons. The topological polar surface area (TPSA) is 50.7 Å². The second kappa shape index (κ2) is 3.22. The number of aromatic nitrogens is 3. The SMILES string of the molecule is O=c1[nH]c2cnccc2n1C1CCCC1. The summed E-state index contributed by atoms with van der Waals surface area (Å²) in [5.74, 6) is 0. The fourth-order valence-corrected chi connectivity index (χ4v) is 2.50. The lowest BCUT2D eigenvalue weighted by molar-refractivity contribution is 0.518. The number of fused-ring (bicyclic) bond motifs is 1. The van der Waals surface area contributed by atoms with Gasteiger partial charge in [0.15, 0.2) is 0 Å². The van der Waals surface area contributed by atoms with Crippen LogP contribution in [0.3, 0.4) is 0 Å². The van der Waals surface area contributed by atoms with Crippen molar-refractivity contribution in [3.8, 4) is 0 Å². The molecule has 3 rings (SSSR count). The molecule has 1 aliphatic rings. The van der Waals surface area contributed by atoms with E-state index in [0.717, 1.165) is 23.9 Å². The lowest BCUT2D eigenvalue weighted by atomic mass is 10.2. The van der Waals surface area contributed by atoms with Crippen molar-refractivity contribution in [2.75, 3.05) is 0 Å². The number of rotatable bonds is 1. The molecule has 0 aliphatic heterocycles. The van der Waals surface area contributed by atoms with Gasteiger partial charge in [-0.2, -0.15) is 0 Å². The van der Waals surface area contributed by atoms with E-state index in [1.807, 2.05) is 10.6 Å². The van der Waals surface area contributed by atoms with Gasteiger partial charge in [-0.1, -0.05) is 12.8 Å². The minimum absolute atomic E-state index is 0.00454. The molecule has 15 heavy (non-hydrogen) atoms. The molecule has 1 saturated carbocycles. The van der Waals surface area contributed by atoms with Crippen LogP contribution in [-0.2, 0) is 0 Å². The molecule has 2 aromatic rings. The maximum absolute atomic E-state index is 11.8. The number of nitrogens with one attached hydrogen (secondary N) is 1. The van der Waals surface area contributed by atoms with Crippen LogP contribution in [0.1, 0.15) is 31.7 Å². The highest BCUT2D eigenvalue weighted by atomic mass is 16.1. The molecule has 0 saturated heterocycles. The molecule has 1 fully saturated rings. The van der Waals surface area contributed by atoms with E-state index in [0.29, 0.717) is 6.04 Å². The van der Waals surface area contributed by atoms with Crippen molar-refractivity contribution < 1.29 is 0 Å². The number of pyridine rings is 1. The average molecular weight is 203 g/mol. The number of hydrogen-bond donors (Lipinski definition) is 1. The molecule has 2 heterocycles. The predicted octanol–water partition coefficient (Wildman–Crippen LogP) is 1.84. The Hall–Kier alpha value is -1.58. The van der Waals surface area contributed by atoms with Crippen molar-refractivity contribution in [2.24, 2.45) is 0 Å². The third kappa shape index (κ3) is 1.28. The van der Waals surface area contributed by atoms with E-state index in [9.17, 15) is 4.79 Å². The first kappa shape index (κ1) is 8.71. The number of nitrogens with zero attached hydrogens (tertiary/aromatic N) is 2. The van der Waals surface area contributed by atoms with E-state index in [1.165, 1.54) is 12.8 Å². The summed E-state index contributed by atoms with van der Waals surface area (Å²) in [5, 5.41) is 0. The van der Waals surface area contributed by atoms with Crippen LogP contribution in [0.5, 0.6) is 0 Å². The van der Waals surface area contributed by atoms with Gasteiger partial charge in [-0.05, 0) is 18.9 Å². The quantitative estimate of drug-likeness (QED) is 0.768. The van der Waals surface area contributed by atoms with E-state index in [4.69, 9.17) is 0 Å². The van der Waals surface area contributed by atoms with Gasteiger partial charge in [0.2, 0.25) is 0 Å². The highest BCUT2D eigenvalue weighted by molar-refractivity contribution is 5.73. The zero-order chi connectivity index (χ0) is 10.3. The minimum atomic E-state index is 0.00454. The lowest BCUT2D eigenvalue weighted by Gasteiger charge is -2.10. The van der Waals surface area contributed by atoms with E-state index in [2.05, 4.69) is 9.97 Å². The fraction of sp³-hybridized carbons (Fsp3) is 0.455. The molecule has 1 N–H and O–H groups in total. The molecule has 0 spiro atoms. The van der Waals surface area contributed by atoms with Gasteiger partial charge in [0.1, 0.15) is 0 Å². The van der Waals surface area contributed by atoms with Gasteiger partial charge in [-0.25, -0.2) is 4.79 Å². The zero-order valence-corrected chi connectivity index (χ0v) is 8.44. The molecule has 0 aromatic carbocycles. The zero-order valence-electron chi connectivity index (χ0n) is 8.44. The summed E-state index contributed by atoms with van der Waals surface area (Å²) in [5.41, 5.74) is 1.83. The summed E-state index contributed by atoms with van der Waals surface area (Å²) in [4.78, 5) is 18.7. The second-order valence-corrected chi connectivity index (χ2v) is 4.13. The van der Waals surface area contributed by atoms with Crippen LogP contribution in [0, 0.1) is 0 Å². The molecule has 4 nitrogen and oxygen atoms in total. The Labute approximate surface area is 87.0 Å². The first-order valence-electron chi connectivity index (χ1n) is 5.40. The van der Waals surface area contributed by atoms with Gasteiger partial charge < -0.3 is 4.98 Å². The Balaban J connectivity index is 2.23. The molecule has 0 atom stereocenters. The van der Waals surface area contributed by atoms with Crippen LogP contribution in [-0.4, -0.2) is 14.5 Å². The van der Waals surface area contributed by atoms with Gasteiger partial charge in [-0.15, -0.1) is 0 Å². The molecule has 0 bridgehead atoms. The number of aromatic amines is 1. The Morgan fingerprint density at radius 2 is 2.20 bits per heavy atom. The van der Waals surface area contributed by atoms with E-state index < -0.39 is 0 Å². The van der Waals surface area contributed by atoms with Crippen molar-refractivity contribution in [1.29, 1.82) is 0 Å². The first-order chi connectivity index (χ1) is 7.36. The van der Waals surface area contributed by atoms with Gasteiger partial charge in [0.25, 0.3) is 0 Å². The molecule has 0 amide bonds. The molecular weight excluding hydrogens is 190 g/mol. The second-order valence-electron chi connectivity index (χ2n) is 4.13. The molecule has 78 valence electrons. The smallest absolute Gasteiger partial charge is 0.304 e. The molecule has 2 aromatic heterocycles. The van der Waals surface area contributed by atoms with Gasteiger partial charge in [0, 0.05) is 12.2 Å². The summed E-state index contributed by atoms with van der Waals surface area (Å²) in [6, 6.07) is 2.29. The fourth-order valence-electron chi connectivity index (χ4n) is 2.50. The molecule has 4 heteroatoms. The van der Waals surface area contributed by atoms with Gasteiger partial charge in [-0.3, -0.25) is 9.55 Å². The Morgan fingerprint density at radius 1 is 1.40 bits per heavy atom. The number of hydrogen-bond acceptors (Lipinski definition) is 2. The summed E-state index contributed by atoms with van der Waals surface area (Å²) in [6.45, 7) is 0. The summed E-state index contributed by atoms with van der Waals surface area (Å²) < 4.78 is 1.89. The first-order valence-corrected chi connectivity index (χ1v) is 5.40.